The lowest BCUT2D eigenvalue weighted by atomic mass is 10.1. The van der Waals surface area contributed by atoms with Crippen LogP contribution in [0.5, 0.6) is 11.5 Å². The molecule has 1 aliphatic heterocycles. The molecule has 0 spiro atoms. The molecule has 0 saturated heterocycles. The Labute approximate surface area is 153 Å². The van der Waals surface area contributed by atoms with Gasteiger partial charge in [0.25, 0.3) is 0 Å². The minimum absolute atomic E-state index is 0.0262. The summed E-state index contributed by atoms with van der Waals surface area (Å²) in [6.45, 7) is 5.16. The molecule has 1 aromatic heterocycles. The Morgan fingerprint density at radius 1 is 1.19 bits per heavy atom. The van der Waals surface area contributed by atoms with Crippen molar-refractivity contribution in [3.05, 3.63) is 29.9 Å². The zero-order valence-corrected chi connectivity index (χ0v) is 16.0. The fourth-order valence-corrected chi connectivity index (χ4v) is 3.70. The summed E-state index contributed by atoms with van der Waals surface area (Å²) < 4.78 is 43.1. The second-order valence-corrected chi connectivity index (χ2v) is 8.67. The van der Waals surface area contributed by atoms with Gasteiger partial charge in [-0.1, -0.05) is 19.0 Å². The highest BCUT2D eigenvalue weighted by atomic mass is 32.2. The van der Waals surface area contributed by atoms with Crippen LogP contribution in [-0.2, 0) is 23.0 Å². The number of aromatic nitrogens is 2. The van der Waals surface area contributed by atoms with Gasteiger partial charge in [0.05, 0.1) is 24.7 Å². The van der Waals surface area contributed by atoms with Gasteiger partial charge in [0.1, 0.15) is 0 Å². The van der Waals surface area contributed by atoms with Gasteiger partial charge in [0, 0.05) is 26.0 Å². The van der Waals surface area contributed by atoms with Gasteiger partial charge >= 0.3 is 0 Å². The van der Waals surface area contributed by atoms with E-state index in [-0.39, 0.29) is 11.4 Å². The Bertz CT molecular complexity index is 863. The summed E-state index contributed by atoms with van der Waals surface area (Å²) in [5.74, 6) is 2.22. The summed E-state index contributed by atoms with van der Waals surface area (Å²) in [6.07, 6.45) is 1.42. The average molecular weight is 381 g/mol. The number of hydrogen-bond donors (Lipinski definition) is 0. The van der Waals surface area contributed by atoms with Crippen molar-refractivity contribution in [3.8, 4) is 11.5 Å². The first-order chi connectivity index (χ1) is 12.4. The fourth-order valence-electron chi connectivity index (χ4n) is 2.55. The molecule has 2 heterocycles. The summed E-state index contributed by atoms with van der Waals surface area (Å²) >= 11 is 0. The van der Waals surface area contributed by atoms with Crippen LogP contribution in [0.3, 0.4) is 0 Å². The van der Waals surface area contributed by atoms with Gasteiger partial charge in [0.2, 0.25) is 15.9 Å². The van der Waals surface area contributed by atoms with Crippen LogP contribution in [0.15, 0.2) is 27.6 Å². The Morgan fingerprint density at radius 3 is 2.65 bits per heavy atom. The van der Waals surface area contributed by atoms with E-state index in [1.807, 2.05) is 13.8 Å². The molecule has 0 atom stereocenters. The van der Waals surface area contributed by atoms with Crippen molar-refractivity contribution in [2.24, 2.45) is 5.92 Å². The predicted octanol–water partition coefficient (Wildman–Crippen LogP) is 2.25. The predicted molar refractivity (Wildman–Crippen MR) is 93.5 cm³/mol. The van der Waals surface area contributed by atoms with Gasteiger partial charge < -0.3 is 14.0 Å². The quantitative estimate of drug-likeness (QED) is 0.757. The molecule has 0 amide bonds. The van der Waals surface area contributed by atoms with Crippen molar-refractivity contribution < 1.29 is 22.4 Å². The molecule has 26 heavy (non-hydrogen) atoms. The lowest BCUT2D eigenvalue weighted by Crippen LogP contribution is -2.27. The Morgan fingerprint density at radius 2 is 1.92 bits per heavy atom. The Hall–Kier alpha value is -2.13. The Kier molecular flexibility index (Phi) is 5.47. The average Bonchev–Trinajstić information content (AvgIpc) is 2.88. The van der Waals surface area contributed by atoms with Gasteiger partial charge in [-0.3, -0.25) is 0 Å². The second kappa shape index (κ2) is 7.63. The summed E-state index contributed by atoms with van der Waals surface area (Å²) in [5, 5.41) is 3.86. The molecule has 9 heteroatoms. The van der Waals surface area contributed by atoms with Crippen LogP contribution in [0.2, 0.25) is 0 Å². The maximum absolute atomic E-state index is 12.8. The van der Waals surface area contributed by atoms with Crippen LogP contribution < -0.4 is 9.47 Å². The molecule has 1 aliphatic rings. The number of fused-ring (bicyclic) bond motifs is 1. The van der Waals surface area contributed by atoms with Gasteiger partial charge in [0.15, 0.2) is 17.3 Å². The number of rotatable bonds is 6. The molecule has 0 aliphatic carbocycles. The van der Waals surface area contributed by atoms with Crippen LogP contribution in [-0.4, -0.2) is 43.1 Å². The van der Waals surface area contributed by atoms with Crippen molar-refractivity contribution in [3.63, 3.8) is 0 Å². The number of benzene rings is 1. The highest BCUT2D eigenvalue weighted by Crippen LogP contribution is 2.32. The lowest BCUT2D eigenvalue weighted by Gasteiger charge is -2.16. The monoisotopic (exact) mass is 381 g/mol. The molecule has 3 rings (SSSR count). The molecule has 0 N–H and O–H groups in total. The first kappa shape index (κ1) is 18.7. The van der Waals surface area contributed by atoms with Crippen molar-refractivity contribution >= 4 is 10.0 Å². The molecule has 142 valence electrons. The van der Waals surface area contributed by atoms with Gasteiger partial charge in [-0.05, 0) is 18.1 Å². The second-order valence-electron chi connectivity index (χ2n) is 6.62. The van der Waals surface area contributed by atoms with E-state index < -0.39 is 10.0 Å². The molecule has 0 unspecified atom stereocenters. The van der Waals surface area contributed by atoms with Crippen molar-refractivity contribution in [2.45, 2.75) is 38.1 Å². The minimum Gasteiger partial charge on any atom is -0.490 e. The number of ether oxygens (including phenoxy) is 2. The first-order valence-corrected chi connectivity index (χ1v) is 9.97. The van der Waals surface area contributed by atoms with E-state index in [0.717, 1.165) is 6.42 Å². The maximum atomic E-state index is 12.8. The van der Waals surface area contributed by atoms with E-state index in [4.69, 9.17) is 14.0 Å². The fraction of sp³-hybridized carbons (Fsp3) is 0.529. The smallest absolute Gasteiger partial charge is 0.243 e. The van der Waals surface area contributed by atoms with Crippen molar-refractivity contribution in [1.82, 2.24) is 14.4 Å². The van der Waals surface area contributed by atoms with Crippen LogP contribution in [0, 0.1) is 5.92 Å². The molecule has 0 bridgehead atoms. The third-order valence-corrected chi connectivity index (χ3v) is 5.68. The molecule has 0 saturated carbocycles. The van der Waals surface area contributed by atoms with Crippen LogP contribution in [0.1, 0.15) is 32.0 Å². The number of nitrogens with zero attached hydrogens (tertiary/aromatic N) is 3. The summed E-state index contributed by atoms with van der Waals surface area (Å²) in [7, 11) is -2.24. The standard InChI is InChI=1S/C17H23N3O5S/c1-12(2)9-17-18-16(19-25-17)11-20(3)26(21,22)13-5-6-14-15(10-13)24-8-4-7-23-14/h5-6,10,12H,4,7-9,11H2,1-3H3. The topological polar surface area (TPSA) is 94.8 Å². The van der Waals surface area contributed by atoms with Crippen LogP contribution >= 0.6 is 0 Å². The third-order valence-electron chi connectivity index (χ3n) is 3.88. The zero-order chi connectivity index (χ0) is 18.7. The third kappa shape index (κ3) is 4.16. The highest BCUT2D eigenvalue weighted by molar-refractivity contribution is 7.89. The molecule has 8 nitrogen and oxygen atoms in total. The van der Waals surface area contributed by atoms with E-state index in [9.17, 15) is 8.42 Å². The summed E-state index contributed by atoms with van der Waals surface area (Å²) in [5.41, 5.74) is 0. The van der Waals surface area contributed by atoms with E-state index >= 15 is 0 Å². The summed E-state index contributed by atoms with van der Waals surface area (Å²) in [4.78, 5) is 4.39. The summed E-state index contributed by atoms with van der Waals surface area (Å²) in [6, 6.07) is 4.63. The maximum Gasteiger partial charge on any atom is 0.243 e. The molecule has 2 aromatic rings. The van der Waals surface area contributed by atoms with Crippen LogP contribution in [0.4, 0.5) is 0 Å². The number of sulfonamides is 1. The normalized spacial score (nSPS) is 14.7. The number of hydrogen-bond acceptors (Lipinski definition) is 7. The van der Waals surface area contributed by atoms with Gasteiger partial charge in [-0.15, -0.1) is 0 Å². The van der Waals surface area contributed by atoms with Crippen LogP contribution in [0.25, 0.3) is 0 Å². The molecule has 0 radical (unpaired) electrons. The molecular formula is C17H23N3O5S. The minimum atomic E-state index is -3.72. The SMILES string of the molecule is CC(C)Cc1nc(CN(C)S(=O)(=O)c2ccc3c(c2)OCCCO3)no1. The largest absolute Gasteiger partial charge is 0.490 e. The van der Waals surface area contributed by atoms with E-state index in [1.54, 1.807) is 6.07 Å². The molecule has 0 fully saturated rings. The van der Waals surface area contributed by atoms with Gasteiger partial charge in [-0.25, -0.2) is 8.42 Å². The van der Waals surface area contributed by atoms with Crippen molar-refractivity contribution in [1.29, 1.82) is 0 Å². The molecular weight excluding hydrogens is 358 g/mol. The first-order valence-electron chi connectivity index (χ1n) is 8.53. The lowest BCUT2D eigenvalue weighted by molar-refractivity contribution is 0.297. The van der Waals surface area contributed by atoms with E-state index in [2.05, 4.69) is 10.1 Å². The van der Waals surface area contributed by atoms with Gasteiger partial charge in [-0.2, -0.15) is 9.29 Å². The Balaban J connectivity index is 1.76. The highest BCUT2D eigenvalue weighted by Gasteiger charge is 2.25. The van der Waals surface area contributed by atoms with E-state index in [1.165, 1.54) is 23.5 Å². The van der Waals surface area contributed by atoms with Crippen molar-refractivity contribution in [2.75, 3.05) is 20.3 Å². The molecule has 1 aromatic carbocycles. The van der Waals surface area contributed by atoms with E-state index in [0.29, 0.717) is 48.8 Å². The zero-order valence-electron chi connectivity index (χ0n) is 15.1.